The van der Waals surface area contributed by atoms with Crippen molar-refractivity contribution in [2.24, 2.45) is 5.73 Å². The van der Waals surface area contributed by atoms with Crippen molar-refractivity contribution in [2.75, 3.05) is 0 Å². The van der Waals surface area contributed by atoms with Gasteiger partial charge in [-0.3, -0.25) is 0 Å². The predicted octanol–water partition coefficient (Wildman–Crippen LogP) is 0.0779. The van der Waals surface area contributed by atoms with Gasteiger partial charge in [0.2, 0.25) is 0 Å². The van der Waals surface area contributed by atoms with Crippen LogP contribution in [0, 0.1) is 0 Å². The van der Waals surface area contributed by atoms with Crippen molar-refractivity contribution in [3.63, 3.8) is 0 Å². The van der Waals surface area contributed by atoms with Gasteiger partial charge in [0.15, 0.2) is 0 Å². The fourth-order valence-corrected chi connectivity index (χ4v) is 0.310. The summed E-state index contributed by atoms with van der Waals surface area (Å²) in [5.74, 6) is 0. The van der Waals surface area contributed by atoms with Crippen LogP contribution in [-0.4, -0.2) is 11.1 Å². The lowest BCUT2D eigenvalue weighted by Crippen LogP contribution is -2.23. The molecule has 0 amide bonds. The van der Waals surface area contributed by atoms with Gasteiger partial charge in [0, 0.05) is 12.4 Å². The van der Waals surface area contributed by atoms with E-state index in [4.69, 9.17) is 5.73 Å². The van der Waals surface area contributed by atoms with Gasteiger partial charge in [-0.1, -0.05) is 0 Å². The number of nitrogens with two attached hydrogens (primary N) is 1. The standard InChI is InChI=1S/C4H8N2/c1-4(5)6-2-3-6/h2-4H,5H2,1H3. The Bertz CT molecular complexity index is 69.6. The van der Waals surface area contributed by atoms with Crippen LogP contribution < -0.4 is 5.73 Å². The third-order valence-corrected chi connectivity index (χ3v) is 0.791. The minimum absolute atomic E-state index is 0.185. The second-order valence-electron chi connectivity index (χ2n) is 1.49. The highest BCUT2D eigenvalue weighted by Gasteiger charge is 2.07. The minimum atomic E-state index is 0.185. The number of nitrogens with zero attached hydrogens (tertiary/aromatic N) is 1. The summed E-state index contributed by atoms with van der Waals surface area (Å²) >= 11 is 0. The molecule has 0 aromatic carbocycles. The Hall–Kier alpha value is -0.500. The van der Waals surface area contributed by atoms with E-state index in [1.54, 1.807) is 0 Å². The van der Waals surface area contributed by atoms with Crippen molar-refractivity contribution >= 4 is 0 Å². The zero-order chi connectivity index (χ0) is 4.57. The monoisotopic (exact) mass is 84.1 g/mol. The van der Waals surface area contributed by atoms with Gasteiger partial charge in [0.1, 0.15) is 0 Å². The minimum Gasteiger partial charge on any atom is -0.336 e. The van der Waals surface area contributed by atoms with Crippen LogP contribution in [0.3, 0.4) is 0 Å². The van der Waals surface area contributed by atoms with E-state index in [1.807, 2.05) is 24.2 Å². The first-order valence-corrected chi connectivity index (χ1v) is 2.02. The molecule has 1 rings (SSSR count). The lowest BCUT2D eigenvalue weighted by molar-refractivity contribution is 0.475. The Kier molecular flexibility index (Phi) is 0.601. The third-order valence-electron chi connectivity index (χ3n) is 0.791. The van der Waals surface area contributed by atoms with Crippen LogP contribution in [0.15, 0.2) is 12.4 Å². The fraction of sp³-hybridized carbons (Fsp3) is 0.500. The number of hydrogen-bond acceptors (Lipinski definition) is 2. The van der Waals surface area contributed by atoms with Gasteiger partial charge in [-0.25, -0.2) is 0 Å². The quantitative estimate of drug-likeness (QED) is 0.487. The first-order chi connectivity index (χ1) is 2.80. The van der Waals surface area contributed by atoms with Crippen LogP contribution in [0.1, 0.15) is 6.92 Å². The van der Waals surface area contributed by atoms with Crippen molar-refractivity contribution in [1.29, 1.82) is 0 Å². The Labute approximate surface area is 37.2 Å². The molecule has 1 aliphatic rings. The summed E-state index contributed by atoms with van der Waals surface area (Å²) in [6, 6.07) is 0. The average molecular weight is 84.1 g/mol. The number of rotatable bonds is 1. The highest BCUT2D eigenvalue weighted by molar-refractivity contribution is 5.02. The van der Waals surface area contributed by atoms with Crippen LogP contribution in [0.4, 0.5) is 0 Å². The maximum Gasteiger partial charge on any atom is 0.0781 e. The van der Waals surface area contributed by atoms with Gasteiger partial charge in [-0.05, 0) is 6.92 Å². The molecule has 0 aromatic heterocycles. The van der Waals surface area contributed by atoms with Crippen molar-refractivity contribution < 1.29 is 0 Å². The molecule has 1 heterocycles. The summed E-state index contributed by atoms with van der Waals surface area (Å²) in [6.45, 7) is 1.94. The first kappa shape index (κ1) is 3.68. The van der Waals surface area contributed by atoms with Crippen molar-refractivity contribution in [1.82, 2.24) is 4.90 Å². The Morgan fingerprint density at radius 2 is 2.17 bits per heavy atom. The largest absolute Gasteiger partial charge is 0.336 e. The molecular formula is C4H8N2. The van der Waals surface area contributed by atoms with Gasteiger partial charge in [-0.2, -0.15) is 0 Å². The number of hydrogen-bond donors (Lipinski definition) is 1. The topological polar surface area (TPSA) is 29.0 Å². The highest BCUT2D eigenvalue weighted by atomic mass is 15.3. The fourth-order valence-electron chi connectivity index (χ4n) is 0.310. The molecule has 2 nitrogen and oxygen atoms in total. The Morgan fingerprint density at radius 1 is 1.67 bits per heavy atom. The summed E-state index contributed by atoms with van der Waals surface area (Å²) in [5.41, 5.74) is 5.36. The molecule has 0 saturated carbocycles. The van der Waals surface area contributed by atoms with Crippen LogP contribution in [0.25, 0.3) is 0 Å². The smallest absolute Gasteiger partial charge is 0.0781 e. The van der Waals surface area contributed by atoms with Crippen LogP contribution >= 0.6 is 0 Å². The van der Waals surface area contributed by atoms with Crippen molar-refractivity contribution in [3.05, 3.63) is 12.4 Å². The second-order valence-corrected chi connectivity index (χ2v) is 1.49. The van der Waals surface area contributed by atoms with Crippen molar-refractivity contribution in [2.45, 2.75) is 13.1 Å². The molecule has 0 spiro atoms. The molecule has 34 valence electrons. The van der Waals surface area contributed by atoms with Crippen LogP contribution in [0.5, 0.6) is 0 Å². The van der Waals surface area contributed by atoms with E-state index < -0.39 is 0 Å². The Morgan fingerprint density at radius 3 is 2.17 bits per heavy atom. The van der Waals surface area contributed by atoms with E-state index in [0.29, 0.717) is 0 Å². The summed E-state index contributed by atoms with van der Waals surface area (Å²) in [7, 11) is 0. The molecule has 0 fully saturated rings. The first-order valence-electron chi connectivity index (χ1n) is 2.02. The van der Waals surface area contributed by atoms with Gasteiger partial charge >= 0.3 is 0 Å². The SMILES string of the molecule is CC(N)N1C=C1. The molecule has 0 radical (unpaired) electrons. The van der Waals surface area contributed by atoms with Gasteiger partial charge in [0.05, 0.1) is 6.17 Å². The van der Waals surface area contributed by atoms with Gasteiger partial charge in [0.25, 0.3) is 0 Å². The average Bonchev–Trinajstić information content (AvgIpc) is 2.06. The zero-order valence-corrected chi connectivity index (χ0v) is 3.76. The van der Waals surface area contributed by atoms with E-state index in [1.165, 1.54) is 0 Å². The molecule has 0 aromatic rings. The molecule has 0 bridgehead atoms. The summed E-state index contributed by atoms with van der Waals surface area (Å²) in [6.07, 6.45) is 4.08. The van der Waals surface area contributed by atoms with Crippen molar-refractivity contribution in [3.8, 4) is 0 Å². The second kappa shape index (κ2) is 0.980. The van der Waals surface area contributed by atoms with Gasteiger partial charge in [-0.15, -0.1) is 0 Å². The molecule has 1 atom stereocenters. The molecular weight excluding hydrogens is 76.1 g/mol. The van der Waals surface area contributed by atoms with Crippen LogP contribution in [-0.2, 0) is 0 Å². The maximum atomic E-state index is 5.36. The zero-order valence-electron chi connectivity index (χ0n) is 3.76. The summed E-state index contributed by atoms with van der Waals surface area (Å²) < 4.78 is 0. The normalized spacial score (nSPS) is 21.3. The maximum absolute atomic E-state index is 5.36. The highest BCUT2D eigenvalue weighted by Crippen LogP contribution is 2.06. The van der Waals surface area contributed by atoms with E-state index >= 15 is 0 Å². The lowest BCUT2D eigenvalue weighted by atomic mass is 10.6. The predicted molar refractivity (Wildman–Crippen MR) is 24.6 cm³/mol. The van der Waals surface area contributed by atoms with Gasteiger partial charge < -0.3 is 10.6 Å². The summed E-state index contributed by atoms with van der Waals surface area (Å²) in [5, 5.41) is 0. The third kappa shape index (κ3) is 0.518. The Balaban J connectivity index is 2.16. The molecule has 0 aliphatic carbocycles. The van der Waals surface area contributed by atoms with Crippen LogP contribution in [0.2, 0.25) is 0 Å². The molecule has 6 heavy (non-hydrogen) atoms. The van der Waals surface area contributed by atoms with E-state index in [9.17, 15) is 0 Å². The molecule has 2 heteroatoms. The van der Waals surface area contributed by atoms with E-state index in [-0.39, 0.29) is 6.17 Å². The molecule has 1 unspecified atom stereocenters. The lowest BCUT2D eigenvalue weighted by Gasteiger charge is -2.03. The molecule has 1 aliphatic heterocycles. The summed E-state index contributed by atoms with van der Waals surface area (Å²) in [4.78, 5) is 1.94. The van der Waals surface area contributed by atoms with E-state index in [0.717, 1.165) is 0 Å². The molecule has 2 N–H and O–H groups in total. The van der Waals surface area contributed by atoms with E-state index in [2.05, 4.69) is 0 Å². The molecule has 0 saturated heterocycles.